The number of benzene rings is 2. The Morgan fingerprint density at radius 1 is 1.05 bits per heavy atom. The van der Waals surface area contributed by atoms with Crippen molar-refractivity contribution in [3.05, 3.63) is 63.6 Å². The van der Waals surface area contributed by atoms with Crippen LogP contribution in [-0.4, -0.2) is 11.0 Å². The van der Waals surface area contributed by atoms with E-state index in [2.05, 4.69) is 26.6 Å². The molecule has 0 fully saturated rings. The number of thiocarbonyl (C=S) groups is 1. The number of aryl methyl sites for hydroxylation is 2. The first-order valence-electron chi connectivity index (χ1n) is 6.41. The zero-order chi connectivity index (χ0) is 15.4. The Hall–Kier alpha value is -1.72. The molecule has 0 unspecified atom stereocenters. The summed E-state index contributed by atoms with van der Waals surface area (Å²) in [6, 6.07) is 13.0. The summed E-state index contributed by atoms with van der Waals surface area (Å²) in [5.74, 6) is -0.233. The molecular formula is C16H15BrN2OS. The maximum atomic E-state index is 12.0. The molecule has 0 saturated carbocycles. The van der Waals surface area contributed by atoms with Crippen molar-refractivity contribution < 1.29 is 4.79 Å². The Labute approximate surface area is 137 Å². The first-order chi connectivity index (χ1) is 9.95. The summed E-state index contributed by atoms with van der Waals surface area (Å²) in [5, 5.41) is 5.96. The summed E-state index contributed by atoms with van der Waals surface area (Å²) in [4.78, 5) is 12.0. The normalized spacial score (nSPS) is 10.0. The molecule has 1 amide bonds. The van der Waals surface area contributed by atoms with Crippen LogP contribution >= 0.6 is 28.1 Å². The zero-order valence-corrected chi connectivity index (χ0v) is 14.1. The largest absolute Gasteiger partial charge is 0.332 e. The Bertz CT molecular complexity index is 683. The van der Waals surface area contributed by atoms with Gasteiger partial charge in [-0.3, -0.25) is 10.1 Å². The molecule has 0 atom stereocenters. The van der Waals surface area contributed by atoms with Gasteiger partial charge >= 0.3 is 0 Å². The lowest BCUT2D eigenvalue weighted by Gasteiger charge is -2.11. The fraction of sp³-hybridized carbons (Fsp3) is 0.125. The van der Waals surface area contributed by atoms with Crippen LogP contribution in [0.2, 0.25) is 0 Å². The van der Waals surface area contributed by atoms with Gasteiger partial charge in [0.15, 0.2) is 5.11 Å². The average molecular weight is 363 g/mol. The van der Waals surface area contributed by atoms with Crippen molar-refractivity contribution >= 4 is 44.9 Å². The molecule has 0 spiro atoms. The smallest absolute Gasteiger partial charge is 0.257 e. The minimum Gasteiger partial charge on any atom is -0.332 e. The quantitative estimate of drug-likeness (QED) is 0.786. The first-order valence-corrected chi connectivity index (χ1v) is 7.61. The number of nitrogens with one attached hydrogen (secondary N) is 2. The molecule has 2 rings (SSSR count). The highest BCUT2D eigenvalue weighted by Crippen LogP contribution is 2.14. The lowest BCUT2D eigenvalue weighted by Crippen LogP contribution is -2.34. The van der Waals surface area contributed by atoms with Gasteiger partial charge in [-0.2, -0.15) is 0 Å². The summed E-state index contributed by atoms with van der Waals surface area (Å²) < 4.78 is 0.926. The summed E-state index contributed by atoms with van der Waals surface area (Å²) in [6.07, 6.45) is 0. The van der Waals surface area contributed by atoms with Crippen LogP contribution in [0, 0.1) is 13.8 Å². The number of halogens is 1. The molecule has 0 heterocycles. The van der Waals surface area contributed by atoms with Gasteiger partial charge in [0.25, 0.3) is 5.91 Å². The molecule has 0 saturated heterocycles. The molecular weight excluding hydrogens is 348 g/mol. The van der Waals surface area contributed by atoms with Gasteiger partial charge in [0, 0.05) is 15.7 Å². The van der Waals surface area contributed by atoms with Gasteiger partial charge in [0.1, 0.15) is 0 Å². The number of carbonyl (C=O) groups excluding carboxylic acids is 1. The van der Waals surface area contributed by atoms with Gasteiger partial charge in [-0.05, 0) is 73.6 Å². The predicted octanol–water partition coefficient (Wildman–Crippen LogP) is 4.19. The monoisotopic (exact) mass is 362 g/mol. The average Bonchev–Trinajstić information content (AvgIpc) is 2.43. The third-order valence-electron chi connectivity index (χ3n) is 3.10. The fourth-order valence-electron chi connectivity index (χ4n) is 1.76. The summed E-state index contributed by atoms with van der Waals surface area (Å²) in [6.45, 7) is 4.08. The van der Waals surface area contributed by atoms with E-state index in [4.69, 9.17) is 12.2 Å². The Morgan fingerprint density at radius 2 is 1.71 bits per heavy atom. The molecule has 21 heavy (non-hydrogen) atoms. The maximum absolute atomic E-state index is 12.0. The molecule has 108 valence electrons. The van der Waals surface area contributed by atoms with E-state index in [-0.39, 0.29) is 11.0 Å². The van der Waals surface area contributed by atoms with E-state index in [9.17, 15) is 4.79 Å². The lowest BCUT2D eigenvalue weighted by atomic mass is 10.1. The predicted molar refractivity (Wildman–Crippen MR) is 93.7 cm³/mol. The van der Waals surface area contributed by atoms with Crippen molar-refractivity contribution in [2.24, 2.45) is 0 Å². The highest BCUT2D eigenvalue weighted by atomic mass is 79.9. The van der Waals surface area contributed by atoms with E-state index in [1.165, 1.54) is 11.1 Å². The second-order valence-corrected chi connectivity index (χ2v) is 6.04. The minimum atomic E-state index is -0.233. The molecule has 2 N–H and O–H groups in total. The molecule has 2 aromatic rings. The number of amides is 1. The van der Waals surface area contributed by atoms with Crippen molar-refractivity contribution in [2.75, 3.05) is 5.32 Å². The second-order valence-electron chi connectivity index (χ2n) is 4.71. The summed E-state index contributed by atoms with van der Waals surface area (Å²) >= 11 is 8.49. The third kappa shape index (κ3) is 4.37. The number of rotatable bonds is 2. The van der Waals surface area contributed by atoms with Gasteiger partial charge in [0.05, 0.1) is 0 Å². The molecule has 0 aromatic heterocycles. The van der Waals surface area contributed by atoms with Gasteiger partial charge in [-0.25, -0.2) is 0 Å². The van der Waals surface area contributed by atoms with Crippen LogP contribution in [0.15, 0.2) is 46.9 Å². The van der Waals surface area contributed by atoms with Crippen LogP contribution in [0.3, 0.4) is 0 Å². The van der Waals surface area contributed by atoms with Gasteiger partial charge in [-0.15, -0.1) is 0 Å². The minimum absolute atomic E-state index is 0.233. The van der Waals surface area contributed by atoms with E-state index < -0.39 is 0 Å². The Morgan fingerprint density at radius 3 is 2.33 bits per heavy atom. The number of hydrogen-bond acceptors (Lipinski definition) is 2. The van der Waals surface area contributed by atoms with Crippen LogP contribution in [0.4, 0.5) is 5.69 Å². The van der Waals surface area contributed by atoms with Crippen molar-refractivity contribution in [1.29, 1.82) is 0 Å². The Kier molecular flexibility index (Phi) is 5.09. The van der Waals surface area contributed by atoms with Gasteiger partial charge < -0.3 is 5.32 Å². The van der Waals surface area contributed by atoms with Crippen LogP contribution < -0.4 is 10.6 Å². The van der Waals surface area contributed by atoms with Crippen molar-refractivity contribution in [1.82, 2.24) is 5.32 Å². The number of hydrogen-bond donors (Lipinski definition) is 2. The van der Waals surface area contributed by atoms with Gasteiger partial charge in [0.2, 0.25) is 0 Å². The molecule has 0 radical (unpaired) electrons. The van der Waals surface area contributed by atoms with E-state index in [1.54, 1.807) is 12.1 Å². The van der Waals surface area contributed by atoms with E-state index in [1.807, 2.05) is 44.2 Å². The summed E-state index contributed by atoms with van der Waals surface area (Å²) in [7, 11) is 0. The number of anilines is 1. The van der Waals surface area contributed by atoms with Crippen molar-refractivity contribution in [3.8, 4) is 0 Å². The maximum Gasteiger partial charge on any atom is 0.257 e. The molecule has 2 aromatic carbocycles. The van der Waals surface area contributed by atoms with Crippen molar-refractivity contribution in [3.63, 3.8) is 0 Å². The van der Waals surface area contributed by atoms with Crippen LogP contribution in [0.25, 0.3) is 0 Å². The van der Waals surface area contributed by atoms with E-state index >= 15 is 0 Å². The first kappa shape index (κ1) is 15.7. The van der Waals surface area contributed by atoms with Crippen LogP contribution in [-0.2, 0) is 0 Å². The Balaban J connectivity index is 1.99. The topological polar surface area (TPSA) is 41.1 Å². The molecule has 3 nitrogen and oxygen atoms in total. The van der Waals surface area contributed by atoms with E-state index in [0.717, 1.165) is 10.2 Å². The summed E-state index contributed by atoms with van der Waals surface area (Å²) in [5.41, 5.74) is 3.80. The SMILES string of the molecule is Cc1ccc(NC(=S)NC(=O)c2ccc(Br)cc2)cc1C. The third-order valence-corrected chi connectivity index (χ3v) is 3.83. The van der Waals surface area contributed by atoms with Gasteiger partial charge in [-0.1, -0.05) is 22.0 Å². The van der Waals surface area contributed by atoms with E-state index in [0.29, 0.717) is 5.56 Å². The molecule has 0 aliphatic rings. The zero-order valence-electron chi connectivity index (χ0n) is 11.7. The fourth-order valence-corrected chi connectivity index (χ4v) is 2.23. The second kappa shape index (κ2) is 6.83. The molecule has 0 bridgehead atoms. The van der Waals surface area contributed by atoms with Crippen LogP contribution in [0.5, 0.6) is 0 Å². The molecule has 5 heteroatoms. The highest BCUT2D eigenvalue weighted by molar-refractivity contribution is 9.10. The van der Waals surface area contributed by atoms with Crippen LogP contribution in [0.1, 0.15) is 21.5 Å². The number of carbonyl (C=O) groups is 1. The van der Waals surface area contributed by atoms with Crippen molar-refractivity contribution in [2.45, 2.75) is 13.8 Å². The highest BCUT2D eigenvalue weighted by Gasteiger charge is 2.08. The molecule has 0 aliphatic heterocycles. The molecule has 0 aliphatic carbocycles. The standard InChI is InChI=1S/C16H15BrN2OS/c1-10-3-8-14(9-11(10)2)18-16(21)19-15(20)12-4-6-13(17)7-5-12/h3-9H,1-2H3,(H2,18,19,20,21). The lowest BCUT2D eigenvalue weighted by molar-refractivity contribution is 0.0977.